The number of hydrogen-bond acceptors (Lipinski definition) is 6. The van der Waals surface area contributed by atoms with Gasteiger partial charge in [-0.2, -0.15) is 0 Å². The summed E-state index contributed by atoms with van der Waals surface area (Å²) in [5.74, 6) is 1.38. The Labute approximate surface area is 181 Å². The summed E-state index contributed by atoms with van der Waals surface area (Å²) in [5.41, 5.74) is 2.50. The van der Waals surface area contributed by atoms with Gasteiger partial charge in [-0.15, -0.1) is 0 Å². The molecule has 0 saturated carbocycles. The van der Waals surface area contributed by atoms with Gasteiger partial charge >= 0.3 is 0 Å². The van der Waals surface area contributed by atoms with Crippen molar-refractivity contribution in [2.75, 3.05) is 31.3 Å². The van der Waals surface area contributed by atoms with Crippen LogP contribution in [0.1, 0.15) is 43.6 Å². The van der Waals surface area contributed by atoms with Crippen molar-refractivity contribution in [3.05, 3.63) is 41.5 Å². The number of aromatic nitrogens is 1. The van der Waals surface area contributed by atoms with E-state index in [1.165, 1.54) is 11.3 Å². The van der Waals surface area contributed by atoms with Gasteiger partial charge in [0.1, 0.15) is 0 Å². The maximum Gasteiger partial charge on any atom is 0.260 e. The second kappa shape index (κ2) is 9.80. The Morgan fingerprint density at radius 3 is 2.17 bits per heavy atom. The van der Waals surface area contributed by atoms with Crippen molar-refractivity contribution in [1.82, 2.24) is 4.98 Å². The number of amides is 1. The highest BCUT2D eigenvalue weighted by molar-refractivity contribution is 7.22. The van der Waals surface area contributed by atoms with E-state index >= 15 is 0 Å². The van der Waals surface area contributed by atoms with E-state index in [0.717, 1.165) is 15.8 Å². The molecule has 2 aromatic carbocycles. The zero-order valence-corrected chi connectivity index (χ0v) is 19.0. The predicted molar refractivity (Wildman–Crippen MR) is 122 cm³/mol. The lowest BCUT2D eigenvalue weighted by Gasteiger charge is -2.20. The monoisotopic (exact) mass is 428 g/mol. The van der Waals surface area contributed by atoms with Gasteiger partial charge in [-0.1, -0.05) is 23.5 Å². The van der Waals surface area contributed by atoms with Gasteiger partial charge in [-0.25, -0.2) is 4.98 Å². The zero-order chi connectivity index (χ0) is 21.7. The Balaban J connectivity index is 2.05. The molecule has 0 unspecified atom stereocenters. The second-order valence-corrected chi connectivity index (χ2v) is 7.58. The molecule has 6 nitrogen and oxygen atoms in total. The van der Waals surface area contributed by atoms with E-state index in [4.69, 9.17) is 19.2 Å². The van der Waals surface area contributed by atoms with Crippen LogP contribution in [0.5, 0.6) is 17.2 Å². The number of benzene rings is 2. The van der Waals surface area contributed by atoms with Crippen LogP contribution in [0.4, 0.5) is 5.13 Å². The predicted octanol–water partition coefficient (Wildman–Crippen LogP) is 5.47. The van der Waals surface area contributed by atoms with Gasteiger partial charge in [0.15, 0.2) is 16.6 Å². The van der Waals surface area contributed by atoms with Gasteiger partial charge in [0.2, 0.25) is 5.75 Å². The topological polar surface area (TPSA) is 60.9 Å². The van der Waals surface area contributed by atoms with Crippen LogP contribution in [0.3, 0.4) is 0 Å². The average Bonchev–Trinajstić information content (AvgIpc) is 3.16. The van der Waals surface area contributed by atoms with Crippen LogP contribution in [0.2, 0.25) is 0 Å². The molecule has 0 fully saturated rings. The number of carbonyl (C=O) groups excluding carboxylic acids is 1. The Morgan fingerprint density at radius 1 is 1.00 bits per heavy atom. The maximum absolute atomic E-state index is 13.5. The molecular formula is C23H28N2O4S. The number of ether oxygens (including phenoxy) is 3. The van der Waals surface area contributed by atoms with Crippen LogP contribution in [0.25, 0.3) is 10.2 Å². The number of rotatable bonds is 9. The number of para-hydroxylation sites is 1. The number of hydrogen-bond donors (Lipinski definition) is 0. The molecule has 0 aliphatic heterocycles. The van der Waals surface area contributed by atoms with Gasteiger partial charge in [0.25, 0.3) is 5.91 Å². The number of anilines is 1. The largest absolute Gasteiger partial charge is 0.490 e. The molecule has 0 N–H and O–H groups in total. The summed E-state index contributed by atoms with van der Waals surface area (Å²) in [7, 11) is 0. The molecule has 0 radical (unpaired) electrons. The van der Waals surface area contributed by atoms with Gasteiger partial charge in [-0.05, 0) is 58.4 Å². The molecule has 0 saturated heterocycles. The van der Waals surface area contributed by atoms with E-state index in [0.29, 0.717) is 54.3 Å². The van der Waals surface area contributed by atoms with Crippen LogP contribution in [-0.4, -0.2) is 37.3 Å². The summed E-state index contributed by atoms with van der Waals surface area (Å²) in [6, 6.07) is 9.51. The first-order valence-corrected chi connectivity index (χ1v) is 11.1. The Kier molecular flexibility index (Phi) is 7.15. The molecule has 1 amide bonds. The number of thiazole rings is 1. The SMILES string of the molecule is CCOc1cc(C(=O)N(CC)c2nc3c(C)cccc3s2)cc(OCC)c1OCC. The van der Waals surface area contributed by atoms with Gasteiger partial charge in [-0.3, -0.25) is 9.69 Å². The van der Waals surface area contributed by atoms with Crippen molar-refractivity contribution in [3.8, 4) is 17.2 Å². The van der Waals surface area contributed by atoms with Crippen molar-refractivity contribution >= 4 is 32.6 Å². The summed E-state index contributed by atoms with van der Waals surface area (Å²) >= 11 is 1.51. The van der Waals surface area contributed by atoms with Crippen LogP contribution in [0, 0.1) is 6.92 Å². The minimum Gasteiger partial charge on any atom is -0.490 e. The van der Waals surface area contributed by atoms with Crippen LogP contribution < -0.4 is 19.1 Å². The fourth-order valence-electron chi connectivity index (χ4n) is 3.22. The normalized spacial score (nSPS) is 10.8. The van der Waals surface area contributed by atoms with Gasteiger partial charge in [0, 0.05) is 12.1 Å². The molecular weight excluding hydrogens is 400 g/mol. The van der Waals surface area contributed by atoms with Gasteiger partial charge < -0.3 is 14.2 Å². The van der Waals surface area contributed by atoms with E-state index < -0.39 is 0 Å². The van der Waals surface area contributed by atoms with Crippen molar-refractivity contribution in [2.45, 2.75) is 34.6 Å². The standard InChI is InChI=1S/C23H28N2O4S/c1-6-25(23-24-20-15(5)11-10-12-19(20)30-23)22(26)16-13-17(27-7-2)21(29-9-4)18(14-16)28-8-3/h10-14H,6-9H2,1-5H3. The number of carbonyl (C=O) groups is 1. The number of aryl methyl sites for hydroxylation is 1. The third kappa shape index (κ3) is 4.36. The van der Waals surface area contributed by atoms with Crippen LogP contribution >= 0.6 is 11.3 Å². The Morgan fingerprint density at radius 2 is 1.63 bits per heavy atom. The maximum atomic E-state index is 13.5. The lowest BCUT2D eigenvalue weighted by atomic mass is 10.1. The molecule has 0 aliphatic carbocycles. The van der Waals surface area contributed by atoms with E-state index in [9.17, 15) is 4.79 Å². The molecule has 30 heavy (non-hydrogen) atoms. The average molecular weight is 429 g/mol. The molecule has 3 rings (SSSR count). The van der Waals surface area contributed by atoms with Crippen molar-refractivity contribution in [3.63, 3.8) is 0 Å². The van der Waals surface area contributed by atoms with Crippen molar-refractivity contribution < 1.29 is 19.0 Å². The van der Waals surface area contributed by atoms with Crippen molar-refractivity contribution in [1.29, 1.82) is 0 Å². The number of fused-ring (bicyclic) bond motifs is 1. The third-order valence-electron chi connectivity index (χ3n) is 4.56. The molecule has 160 valence electrons. The molecule has 0 aliphatic rings. The molecule has 3 aromatic rings. The van der Waals surface area contributed by atoms with E-state index in [1.54, 1.807) is 17.0 Å². The number of nitrogens with zero attached hydrogens (tertiary/aromatic N) is 2. The van der Waals surface area contributed by atoms with E-state index in [-0.39, 0.29) is 5.91 Å². The fourth-order valence-corrected chi connectivity index (χ4v) is 4.33. The quantitative estimate of drug-likeness (QED) is 0.452. The molecule has 0 spiro atoms. The summed E-state index contributed by atoms with van der Waals surface area (Å²) < 4.78 is 18.3. The Bertz CT molecular complexity index is 1000. The van der Waals surface area contributed by atoms with E-state index in [1.807, 2.05) is 52.8 Å². The molecule has 0 atom stereocenters. The minimum atomic E-state index is -0.154. The van der Waals surface area contributed by atoms with Gasteiger partial charge in [0.05, 0.1) is 30.0 Å². The smallest absolute Gasteiger partial charge is 0.260 e. The molecule has 7 heteroatoms. The third-order valence-corrected chi connectivity index (χ3v) is 5.60. The summed E-state index contributed by atoms with van der Waals surface area (Å²) in [5, 5.41) is 0.677. The van der Waals surface area contributed by atoms with Crippen LogP contribution in [-0.2, 0) is 0 Å². The first-order valence-electron chi connectivity index (χ1n) is 10.3. The highest BCUT2D eigenvalue weighted by Gasteiger charge is 2.24. The zero-order valence-electron chi connectivity index (χ0n) is 18.2. The van der Waals surface area contributed by atoms with Crippen molar-refractivity contribution in [2.24, 2.45) is 0 Å². The Hall–Kier alpha value is -2.80. The molecule has 1 heterocycles. The lowest BCUT2D eigenvalue weighted by Crippen LogP contribution is -2.30. The first kappa shape index (κ1) is 21.9. The molecule has 0 bridgehead atoms. The summed E-state index contributed by atoms with van der Waals surface area (Å²) in [6.07, 6.45) is 0. The minimum absolute atomic E-state index is 0.154. The molecule has 1 aromatic heterocycles. The lowest BCUT2D eigenvalue weighted by molar-refractivity contribution is 0.0987. The highest BCUT2D eigenvalue weighted by atomic mass is 32.1. The summed E-state index contributed by atoms with van der Waals surface area (Å²) in [6.45, 7) is 11.5. The first-order chi connectivity index (χ1) is 14.5. The summed E-state index contributed by atoms with van der Waals surface area (Å²) in [4.78, 5) is 19.9. The van der Waals surface area contributed by atoms with Crippen LogP contribution in [0.15, 0.2) is 30.3 Å². The second-order valence-electron chi connectivity index (χ2n) is 6.57. The fraction of sp³-hybridized carbons (Fsp3) is 0.391. The van der Waals surface area contributed by atoms with E-state index in [2.05, 4.69) is 0 Å². The highest BCUT2D eigenvalue weighted by Crippen LogP contribution is 2.40.